The number of hydrogen-bond acceptors (Lipinski definition) is 7. The maximum Gasteiger partial charge on any atom is 0.114 e. The molecule has 152 valence electrons. The Hall–Kier alpha value is -3.66. The minimum atomic E-state index is 0.248. The fourth-order valence-corrected chi connectivity index (χ4v) is 4.86. The molecule has 4 heterocycles. The van der Waals surface area contributed by atoms with Crippen molar-refractivity contribution >= 4 is 17.3 Å². The Kier molecular flexibility index (Phi) is 5.13. The normalized spacial score (nSPS) is 16.1. The molecule has 0 aliphatic carbocycles. The molecule has 0 bridgehead atoms. The Labute approximate surface area is 183 Å². The van der Waals surface area contributed by atoms with Gasteiger partial charge >= 0.3 is 0 Å². The molecule has 1 atom stereocenters. The van der Waals surface area contributed by atoms with E-state index in [0.717, 1.165) is 47.0 Å². The van der Waals surface area contributed by atoms with Gasteiger partial charge in [-0.25, -0.2) is 4.52 Å². The van der Waals surface area contributed by atoms with Gasteiger partial charge in [0.1, 0.15) is 17.8 Å². The van der Waals surface area contributed by atoms with Crippen molar-refractivity contribution in [2.24, 2.45) is 0 Å². The summed E-state index contributed by atoms with van der Waals surface area (Å²) in [6, 6.07) is 14.1. The topological polar surface area (TPSA) is 108 Å². The summed E-state index contributed by atoms with van der Waals surface area (Å²) >= 11 is 1.45. The Balaban J connectivity index is 1.59. The molecule has 0 radical (unpaired) electrons. The highest BCUT2D eigenvalue weighted by atomic mass is 32.2. The number of piperidine rings is 1. The van der Waals surface area contributed by atoms with Crippen LogP contribution in [0.2, 0.25) is 0 Å². The van der Waals surface area contributed by atoms with Gasteiger partial charge in [-0.1, -0.05) is 23.9 Å². The minimum absolute atomic E-state index is 0.248. The summed E-state index contributed by atoms with van der Waals surface area (Å²) in [5.74, 6) is 0. The van der Waals surface area contributed by atoms with Crippen LogP contribution in [-0.4, -0.2) is 37.7 Å². The first-order chi connectivity index (χ1) is 15.3. The Morgan fingerprint density at radius 1 is 1.06 bits per heavy atom. The standard InChI is InChI=1S/C22H18N8S/c23-9-15-4-1-2-6-20(15)31-21-8-16(14-29-22(21)17(10-24)11-26-29)19-13-27-30(28-19)18-5-3-7-25-12-18/h1-2,4,6,8,11,13-14,18,25H,3,5,7,12H2/t18-/m0/s1. The first-order valence-corrected chi connectivity index (χ1v) is 10.8. The Morgan fingerprint density at radius 3 is 2.74 bits per heavy atom. The van der Waals surface area contributed by atoms with E-state index in [1.165, 1.54) is 11.8 Å². The summed E-state index contributed by atoms with van der Waals surface area (Å²) < 4.78 is 1.70. The van der Waals surface area contributed by atoms with E-state index in [1.807, 2.05) is 30.5 Å². The fraction of sp³-hybridized carbons (Fsp3) is 0.227. The number of hydrogen-bond donors (Lipinski definition) is 1. The average Bonchev–Trinajstić information content (AvgIpc) is 3.47. The van der Waals surface area contributed by atoms with Crippen LogP contribution in [-0.2, 0) is 0 Å². The molecule has 31 heavy (non-hydrogen) atoms. The van der Waals surface area contributed by atoms with Gasteiger partial charge in [0.2, 0.25) is 0 Å². The third-order valence-corrected chi connectivity index (χ3v) is 6.43. The summed E-state index contributed by atoms with van der Waals surface area (Å²) in [4.78, 5) is 3.45. The highest BCUT2D eigenvalue weighted by molar-refractivity contribution is 7.99. The zero-order valence-corrected chi connectivity index (χ0v) is 17.4. The summed E-state index contributed by atoms with van der Waals surface area (Å²) in [5, 5.41) is 36.0. The van der Waals surface area contributed by atoms with Gasteiger partial charge in [0.15, 0.2) is 0 Å². The maximum absolute atomic E-state index is 9.55. The highest BCUT2D eigenvalue weighted by Crippen LogP contribution is 2.36. The number of rotatable bonds is 4. The largest absolute Gasteiger partial charge is 0.315 e. The highest BCUT2D eigenvalue weighted by Gasteiger charge is 2.19. The molecule has 1 aliphatic heterocycles. The summed E-state index contributed by atoms with van der Waals surface area (Å²) in [7, 11) is 0. The summed E-state index contributed by atoms with van der Waals surface area (Å²) in [6.45, 7) is 1.90. The zero-order chi connectivity index (χ0) is 21.2. The smallest absolute Gasteiger partial charge is 0.114 e. The van der Waals surface area contributed by atoms with Crippen molar-refractivity contribution in [1.82, 2.24) is 29.9 Å². The van der Waals surface area contributed by atoms with Crippen LogP contribution in [0.5, 0.6) is 0 Å². The number of nitrogens with zero attached hydrogens (tertiary/aromatic N) is 7. The predicted molar refractivity (Wildman–Crippen MR) is 115 cm³/mol. The van der Waals surface area contributed by atoms with Crippen LogP contribution < -0.4 is 5.32 Å². The second kappa shape index (κ2) is 8.23. The van der Waals surface area contributed by atoms with E-state index < -0.39 is 0 Å². The maximum atomic E-state index is 9.55. The van der Waals surface area contributed by atoms with Crippen LogP contribution in [0.15, 0.2) is 58.7 Å². The van der Waals surface area contributed by atoms with Crippen molar-refractivity contribution in [3.8, 4) is 23.4 Å². The molecule has 5 rings (SSSR count). The fourth-order valence-electron chi connectivity index (χ4n) is 3.77. The van der Waals surface area contributed by atoms with Crippen molar-refractivity contribution in [1.29, 1.82) is 10.5 Å². The number of pyridine rings is 1. The molecule has 1 fully saturated rings. The molecule has 9 heteroatoms. The van der Waals surface area contributed by atoms with Gasteiger partial charge in [-0.15, -0.1) is 0 Å². The van der Waals surface area contributed by atoms with Crippen LogP contribution in [0.25, 0.3) is 16.8 Å². The lowest BCUT2D eigenvalue weighted by atomic mass is 10.1. The molecule has 0 amide bonds. The van der Waals surface area contributed by atoms with E-state index in [2.05, 4.69) is 27.7 Å². The number of nitriles is 2. The zero-order valence-electron chi connectivity index (χ0n) is 16.6. The lowest BCUT2D eigenvalue weighted by Gasteiger charge is -2.21. The van der Waals surface area contributed by atoms with Crippen LogP contribution in [0, 0.1) is 22.7 Å². The Bertz CT molecular complexity index is 1330. The van der Waals surface area contributed by atoms with Gasteiger partial charge in [-0.2, -0.15) is 30.6 Å². The molecule has 0 spiro atoms. The van der Waals surface area contributed by atoms with Gasteiger partial charge in [-0.3, -0.25) is 0 Å². The summed E-state index contributed by atoms with van der Waals surface area (Å²) in [6.07, 6.45) is 7.35. The molecule has 3 aromatic heterocycles. The second-order valence-electron chi connectivity index (χ2n) is 7.32. The van der Waals surface area contributed by atoms with E-state index in [4.69, 9.17) is 5.10 Å². The van der Waals surface area contributed by atoms with Crippen LogP contribution in [0.1, 0.15) is 30.0 Å². The molecule has 8 nitrogen and oxygen atoms in total. The first-order valence-electron chi connectivity index (χ1n) is 9.98. The molecule has 1 saturated heterocycles. The number of fused-ring (bicyclic) bond motifs is 1. The predicted octanol–water partition coefficient (Wildman–Crippen LogP) is 3.41. The van der Waals surface area contributed by atoms with E-state index >= 15 is 0 Å². The van der Waals surface area contributed by atoms with Crippen molar-refractivity contribution in [3.63, 3.8) is 0 Å². The molecule has 1 aliphatic rings. The molecule has 1 N–H and O–H groups in total. The van der Waals surface area contributed by atoms with Gasteiger partial charge in [-0.05, 0) is 37.6 Å². The van der Waals surface area contributed by atoms with E-state index in [1.54, 1.807) is 27.8 Å². The lowest BCUT2D eigenvalue weighted by molar-refractivity contribution is 0.318. The van der Waals surface area contributed by atoms with E-state index in [9.17, 15) is 10.5 Å². The molecule has 1 aromatic carbocycles. The lowest BCUT2D eigenvalue weighted by Crippen LogP contribution is -2.32. The number of aromatic nitrogens is 5. The SMILES string of the molecule is N#Cc1ccccc1Sc1cc(-c2cnn([C@H]3CCCNC3)n2)cn2ncc(C#N)c12. The van der Waals surface area contributed by atoms with Crippen LogP contribution >= 0.6 is 11.8 Å². The molecule has 4 aromatic rings. The third kappa shape index (κ3) is 3.66. The second-order valence-corrected chi connectivity index (χ2v) is 8.40. The van der Waals surface area contributed by atoms with Crippen LogP contribution in [0.4, 0.5) is 0 Å². The van der Waals surface area contributed by atoms with Crippen molar-refractivity contribution in [2.45, 2.75) is 28.7 Å². The van der Waals surface area contributed by atoms with Crippen molar-refractivity contribution in [3.05, 3.63) is 60.0 Å². The quantitative estimate of drug-likeness (QED) is 0.533. The van der Waals surface area contributed by atoms with E-state index in [-0.39, 0.29) is 6.04 Å². The van der Waals surface area contributed by atoms with Gasteiger partial charge < -0.3 is 5.32 Å². The molecule has 0 unspecified atom stereocenters. The van der Waals surface area contributed by atoms with Gasteiger partial charge in [0.25, 0.3) is 0 Å². The van der Waals surface area contributed by atoms with Gasteiger partial charge in [0, 0.05) is 28.1 Å². The Morgan fingerprint density at radius 2 is 1.94 bits per heavy atom. The monoisotopic (exact) mass is 426 g/mol. The summed E-state index contributed by atoms with van der Waals surface area (Å²) in [5.41, 5.74) is 3.39. The van der Waals surface area contributed by atoms with Gasteiger partial charge in [0.05, 0.1) is 35.1 Å². The van der Waals surface area contributed by atoms with Crippen molar-refractivity contribution < 1.29 is 0 Å². The molecular weight excluding hydrogens is 408 g/mol. The average molecular weight is 427 g/mol. The van der Waals surface area contributed by atoms with Crippen LogP contribution in [0.3, 0.4) is 0 Å². The number of benzene rings is 1. The molecule has 0 saturated carbocycles. The minimum Gasteiger partial charge on any atom is -0.315 e. The number of nitrogens with one attached hydrogen (secondary N) is 1. The van der Waals surface area contributed by atoms with E-state index in [0.29, 0.717) is 16.6 Å². The van der Waals surface area contributed by atoms with Crippen molar-refractivity contribution in [2.75, 3.05) is 13.1 Å². The third-order valence-electron chi connectivity index (χ3n) is 5.33. The first kappa shape index (κ1) is 19.3. The molecular formula is C22H18N8S.